The number of methoxy groups -OCH3 is 2. The summed E-state index contributed by atoms with van der Waals surface area (Å²) in [5, 5.41) is 8.05. The van der Waals surface area contributed by atoms with E-state index in [4.69, 9.17) is 14.2 Å². The van der Waals surface area contributed by atoms with Gasteiger partial charge in [-0.2, -0.15) is 40.2 Å². The van der Waals surface area contributed by atoms with Gasteiger partial charge < -0.3 is 39.2 Å². The summed E-state index contributed by atoms with van der Waals surface area (Å²) >= 11 is 0. The third kappa shape index (κ3) is 17.3. The molecule has 3 N–H and O–H groups in total. The number of piperazine rings is 1. The van der Waals surface area contributed by atoms with E-state index in [0.29, 0.717) is 118 Å². The zero-order chi connectivity index (χ0) is 66.9. The molecule has 2 unspecified atom stereocenters. The van der Waals surface area contributed by atoms with Crippen LogP contribution in [0, 0.1) is 40.2 Å². The molecule has 0 spiro atoms. The summed E-state index contributed by atoms with van der Waals surface area (Å²) in [4.78, 5) is 84.9. The predicted molar refractivity (Wildman–Crippen MR) is 309 cm³/mol. The number of anilines is 1. The molecule has 2 aromatic carbocycles. The molecule has 92 heavy (non-hydrogen) atoms. The molecule has 502 valence electrons. The quantitative estimate of drug-likeness (QED) is 0.0189. The van der Waals surface area contributed by atoms with Gasteiger partial charge in [0.05, 0.1) is 75.3 Å². The second-order valence-electron chi connectivity index (χ2n) is 24.2. The Bertz CT molecular complexity index is 3240. The highest BCUT2D eigenvalue weighted by atomic mass is 19.4. The summed E-state index contributed by atoms with van der Waals surface area (Å²) in [5.74, 6) is -1.80. The molecule has 6 atom stereocenters. The first-order chi connectivity index (χ1) is 43.5. The molecule has 0 aliphatic carbocycles. The number of benzene rings is 2. The van der Waals surface area contributed by atoms with E-state index in [1.807, 2.05) is 15.5 Å². The number of nitrogens with one attached hydrogen (secondary N) is 3. The number of carbonyl (C=O) groups is 5. The minimum Gasteiger partial charge on any atom is -0.461 e. The van der Waals surface area contributed by atoms with Gasteiger partial charge in [0, 0.05) is 98.8 Å². The number of hydrazine groups is 1. The summed E-state index contributed by atoms with van der Waals surface area (Å²) < 4.78 is 176. The highest BCUT2D eigenvalue weighted by Crippen LogP contribution is 2.43. The lowest BCUT2D eigenvalue weighted by Crippen LogP contribution is -2.62. The standard InChI is InChI=1S/C61H73F10N11O10/c1-58(2,60(66,67)68)51(74-56(86)88-5)48(83)27-40(24-37-12-9-36(10-13-37)11-14-38-28-72-55(73-29-38)79-30-41-15-16-42(31-79)82(41)43-34-91-35-43)49(92-50(84)8-7-18-78-20-22-90-23-21-78)33-80(77-53(85)52(75-57(87)89-6)59(3,4)61(69,70)71)32-44-45(62)25-39(26-46(44)63)47-17-19-81(76-47)54(64)65/h9-10,12-13,17,19,25-26,28-29,40-43,49,51-52,54H,7-8,15-16,18,20-24,27,30-35H2,1-6H3,(H,74,86)(H,75,87)(H,77,85)/t40-,41?,42?,49+,51-,52-/m1/s1. The van der Waals surface area contributed by atoms with Crippen molar-refractivity contribution in [2.24, 2.45) is 16.7 Å². The van der Waals surface area contributed by atoms with Crippen LogP contribution in [0.2, 0.25) is 0 Å². The fourth-order valence-corrected chi connectivity index (χ4v) is 11.5. The number of nitrogens with zero attached hydrogens (tertiary/aromatic N) is 8. The predicted octanol–water partition coefficient (Wildman–Crippen LogP) is 7.77. The maximum Gasteiger partial charge on any atom is 0.407 e. The first-order valence-electron chi connectivity index (χ1n) is 29.7. The van der Waals surface area contributed by atoms with Crippen molar-refractivity contribution in [3.8, 4) is 23.1 Å². The third-order valence-corrected chi connectivity index (χ3v) is 17.2. The van der Waals surface area contributed by atoms with E-state index in [1.54, 1.807) is 24.5 Å². The van der Waals surface area contributed by atoms with Gasteiger partial charge in [-0.05, 0) is 95.8 Å². The van der Waals surface area contributed by atoms with Gasteiger partial charge in [0.15, 0.2) is 5.78 Å². The molecule has 4 fully saturated rings. The van der Waals surface area contributed by atoms with E-state index in [-0.39, 0.29) is 28.8 Å². The number of fused-ring (bicyclic) bond motifs is 2. The highest BCUT2D eigenvalue weighted by molar-refractivity contribution is 5.89. The molecule has 4 saturated heterocycles. The number of carbonyl (C=O) groups excluding carboxylic acids is 5. The Balaban J connectivity index is 1.17. The Morgan fingerprint density at radius 1 is 0.772 bits per heavy atom. The number of Topliss-reactive ketones (excluding diaryl/α,β-unsaturated/α-hetero) is 1. The molecular formula is C61H73F10N11O10. The SMILES string of the molecule is COC(=O)N[C@H](C(=O)C[C@@H](Cc1ccc(C#Cc2cnc(N3CC4CCC(C3)N4C3COC3)nc2)cc1)[C@H](CN(Cc1c(F)cc(-c2ccn(C(F)F)n2)cc1F)NC(=O)[C@@H](NC(=O)OC)C(C)(C)C(F)(F)F)OC(=O)CCCN1CCOCC1)C(C)(C)C(F)(F)F. The smallest absolute Gasteiger partial charge is 0.407 e. The highest BCUT2D eigenvalue weighted by Gasteiger charge is 2.57. The lowest BCUT2D eigenvalue weighted by atomic mass is 9.77. The summed E-state index contributed by atoms with van der Waals surface area (Å²) in [6.45, 7) is 2.18. The minimum absolute atomic E-state index is 0.139. The second kappa shape index (κ2) is 30.0. The second-order valence-corrected chi connectivity index (χ2v) is 24.2. The number of aromatic nitrogens is 4. The molecule has 6 heterocycles. The lowest BCUT2D eigenvalue weighted by molar-refractivity contribution is -0.221. The third-order valence-electron chi connectivity index (χ3n) is 17.2. The largest absolute Gasteiger partial charge is 0.461 e. The number of alkyl halides is 8. The first-order valence-corrected chi connectivity index (χ1v) is 29.7. The van der Waals surface area contributed by atoms with Gasteiger partial charge in [-0.3, -0.25) is 29.6 Å². The number of alkyl carbamates (subject to hydrolysis) is 2. The average molecular weight is 1310 g/mol. The zero-order valence-electron chi connectivity index (χ0n) is 51.4. The van der Waals surface area contributed by atoms with E-state index < -0.39 is 127 Å². The van der Waals surface area contributed by atoms with Crippen molar-refractivity contribution in [3.05, 3.63) is 94.9 Å². The van der Waals surface area contributed by atoms with Crippen molar-refractivity contribution in [1.82, 2.24) is 50.6 Å². The molecule has 2 aromatic heterocycles. The molecular weight excluding hydrogens is 1240 g/mol. The Kier molecular flexibility index (Phi) is 22.9. The van der Waals surface area contributed by atoms with Gasteiger partial charge in [-0.15, -0.1) is 0 Å². The van der Waals surface area contributed by atoms with Crippen molar-refractivity contribution < 1.29 is 91.6 Å². The molecule has 4 aromatic rings. The Labute approximate surface area is 524 Å². The Morgan fingerprint density at radius 2 is 1.35 bits per heavy atom. The number of morpholine rings is 1. The Hall–Kier alpha value is -7.66. The molecule has 8 rings (SSSR count). The molecule has 2 bridgehead atoms. The van der Waals surface area contributed by atoms with Crippen molar-refractivity contribution in [1.29, 1.82) is 0 Å². The Morgan fingerprint density at radius 3 is 1.89 bits per heavy atom. The zero-order valence-corrected chi connectivity index (χ0v) is 51.4. The summed E-state index contributed by atoms with van der Waals surface area (Å²) in [6, 6.07) is 4.73. The topological polar surface area (TPSA) is 224 Å². The van der Waals surface area contributed by atoms with Crippen LogP contribution in [0.1, 0.15) is 88.6 Å². The maximum atomic E-state index is 16.5. The maximum absolute atomic E-state index is 16.5. The van der Waals surface area contributed by atoms with E-state index in [0.717, 1.165) is 65.6 Å². The molecule has 0 saturated carbocycles. The van der Waals surface area contributed by atoms with Gasteiger partial charge in [0.1, 0.15) is 29.8 Å². The number of ketones is 1. The van der Waals surface area contributed by atoms with Gasteiger partial charge >= 0.3 is 37.1 Å². The summed E-state index contributed by atoms with van der Waals surface area (Å²) in [7, 11) is 1.63. The van der Waals surface area contributed by atoms with Gasteiger partial charge in [0.2, 0.25) is 5.95 Å². The molecule has 4 aliphatic heterocycles. The van der Waals surface area contributed by atoms with Gasteiger partial charge in [0.25, 0.3) is 5.91 Å². The minimum atomic E-state index is -5.27. The normalized spacial score (nSPS) is 18.9. The van der Waals surface area contributed by atoms with E-state index in [1.165, 1.54) is 12.1 Å². The van der Waals surface area contributed by atoms with Crippen LogP contribution < -0.4 is 21.0 Å². The molecule has 4 aliphatic rings. The van der Waals surface area contributed by atoms with Gasteiger partial charge in [-0.25, -0.2) is 38.0 Å². The molecule has 31 heteroatoms. The van der Waals surface area contributed by atoms with Crippen LogP contribution in [-0.4, -0.2) is 193 Å². The average Bonchev–Trinajstić information content (AvgIpc) is 1.70. The van der Waals surface area contributed by atoms with Crippen molar-refractivity contribution in [3.63, 3.8) is 0 Å². The number of hydrogen-bond acceptors (Lipinski definition) is 17. The number of amides is 3. The number of halogens is 10. The summed E-state index contributed by atoms with van der Waals surface area (Å²) in [6.07, 6.45) is -10.8. The fraction of sp³-hybridized carbons (Fsp3) is 0.574. The van der Waals surface area contributed by atoms with Crippen LogP contribution in [0.5, 0.6) is 0 Å². The molecule has 3 amide bonds. The van der Waals surface area contributed by atoms with Crippen LogP contribution in [-0.2, 0) is 51.0 Å². The fourth-order valence-electron chi connectivity index (χ4n) is 11.5. The molecule has 21 nitrogen and oxygen atoms in total. The van der Waals surface area contributed by atoms with Crippen LogP contribution in [0.25, 0.3) is 11.3 Å². The number of ether oxygens (including phenoxy) is 5. The van der Waals surface area contributed by atoms with Crippen molar-refractivity contribution in [2.45, 2.75) is 128 Å². The van der Waals surface area contributed by atoms with Crippen LogP contribution in [0.4, 0.5) is 59.4 Å². The van der Waals surface area contributed by atoms with E-state index in [9.17, 15) is 59.1 Å². The van der Waals surface area contributed by atoms with E-state index >= 15 is 8.78 Å². The van der Waals surface area contributed by atoms with Gasteiger partial charge in [-0.1, -0.05) is 24.0 Å². The van der Waals surface area contributed by atoms with Crippen LogP contribution >= 0.6 is 0 Å². The number of hydrogen-bond donors (Lipinski definition) is 3. The van der Waals surface area contributed by atoms with E-state index in [2.05, 4.69) is 51.6 Å². The number of rotatable bonds is 25. The van der Waals surface area contributed by atoms with Crippen LogP contribution in [0.3, 0.4) is 0 Å². The summed E-state index contributed by atoms with van der Waals surface area (Å²) in [5.41, 5.74) is -4.43. The van der Waals surface area contributed by atoms with Crippen LogP contribution in [0.15, 0.2) is 61.1 Å². The first kappa shape index (κ1) is 70.2. The van der Waals surface area contributed by atoms with Crippen molar-refractivity contribution >= 4 is 35.8 Å². The lowest BCUT2D eigenvalue weighted by Gasteiger charge is -2.47. The van der Waals surface area contributed by atoms with Crippen molar-refractivity contribution in [2.75, 3.05) is 84.8 Å². The monoisotopic (exact) mass is 1310 g/mol. The molecule has 0 radical (unpaired) electrons. The number of esters is 1.